The van der Waals surface area contributed by atoms with E-state index in [4.69, 9.17) is 5.11 Å². The van der Waals surface area contributed by atoms with Crippen molar-refractivity contribution in [1.82, 2.24) is 19.7 Å². The van der Waals surface area contributed by atoms with Gasteiger partial charge in [-0.3, -0.25) is 9.48 Å². The second-order valence-corrected chi connectivity index (χ2v) is 6.32. The van der Waals surface area contributed by atoms with Crippen molar-refractivity contribution in [3.8, 4) is 0 Å². The first kappa shape index (κ1) is 15.4. The van der Waals surface area contributed by atoms with Crippen molar-refractivity contribution in [1.29, 1.82) is 0 Å². The predicted molar refractivity (Wildman–Crippen MR) is 91.7 cm³/mol. The first-order chi connectivity index (χ1) is 12.1. The lowest BCUT2D eigenvalue weighted by atomic mass is 10.0. The van der Waals surface area contributed by atoms with Crippen LogP contribution in [0.25, 0.3) is 10.9 Å². The van der Waals surface area contributed by atoms with Crippen LogP contribution >= 0.6 is 0 Å². The normalized spacial score (nSPS) is 15.6. The van der Waals surface area contributed by atoms with E-state index in [0.717, 1.165) is 23.7 Å². The zero-order chi connectivity index (χ0) is 17.4. The standard InChI is InChI=1S/C18H18N4O3/c23-17(13-2-1-12-3-6-19-16(12)9-13)21-7-4-15(5-8-21)22-11-14(10-20-22)18(24)25/h1-3,6,9-11,15,19H,4-5,7-8H2,(H,24,25). The van der Waals surface area contributed by atoms with Crippen LogP contribution in [0.1, 0.15) is 39.6 Å². The maximum absolute atomic E-state index is 12.7. The molecular formula is C18H18N4O3. The van der Waals surface area contributed by atoms with Gasteiger partial charge in [0.2, 0.25) is 0 Å². The summed E-state index contributed by atoms with van der Waals surface area (Å²) in [6.07, 6.45) is 6.31. The average molecular weight is 338 g/mol. The highest BCUT2D eigenvalue weighted by atomic mass is 16.4. The molecule has 3 heterocycles. The minimum atomic E-state index is -0.974. The molecule has 2 N–H and O–H groups in total. The van der Waals surface area contributed by atoms with Crippen LogP contribution in [0, 0.1) is 0 Å². The van der Waals surface area contributed by atoms with Gasteiger partial charge in [-0.2, -0.15) is 5.10 Å². The zero-order valence-electron chi connectivity index (χ0n) is 13.6. The van der Waals surface area contributed by atoms with Crippen LogP contribution < -0.4 is 0 Å². The summed E-state index contributed by atoms with van der Waals surface area (Å²) in [5.74, 6) is -0.944. The Morgan fingerprint density at radius 1 is 1.16 bits per heavy atom. The Hall–Kier alpha value is -3.09. The van der Waals surface area contributed by atoms with Crippen LogP contribution in [-0.4, -0.2) is 49.7 Å². The number of amides is 1. The largest absolute Gasteiger partial charge is 0.478 e. The number of H-pyrrole nitrogens is 1. The number of nitrogens with zero attached hydrogens (tertiary/aromatic N) is 3. The number of likely N-dealkylation sites (tertiary alicyclic amines) is 1. The highest BCUT2D eigenvalue weighted by Crippen LogP contribution is 2.24. The van der Waals surface area contributed by atoms with E-state index >= 15 is 0 Å². The summed E-state index contributed by atoms with van der Waals surface area (Å²) in [5, 5.41) is 14.2. The SMILES string of the molecule is O=C(O)c1cnn(C2CCN(C(=O)c3ccc4cc[nH]c4c3)CC2)c1. The van der Waals surface area contributed by atoms with Gasteiger partial charge >= 0.3 is 5.97 Å². The van der Waals surface area contributed by atoms with Gasteiger partial charge in [0, 0.05) is 36.6 Å². The topological polar surface area (TPSA) is 91.2 Å². The van der Waals surface area contributed by atoms with Gasteiger partial charge in [-0.25, -0.2) is 4.79 Å². The summed E-state index contributed by atoms with van der Waals surface area (Å²) in [6.45, 7) is 1.27. The number of aromatic amines is 1. The Morgan fingerprint density at radius 2 is 1.96 bits per heavy atom. The zero-order valence-corrected chi connectivity index (χ0v) is 13.6. The highest BCUT2D eigenvalue weighted by Gasteiger charge is 2.25. The maximum Gasteiger partial charge on any atom is 0.338 e. The van der Waals surface area contributed by atoms with E-state index in [1.807, 2.05) is 35.4 Å². The molecule has 1 aromatic carbocycles. The van der Waals surface area contributed by atoms with E-state index in [0.29, 0.717) is 18.7 Å². The number of hydrogen-bond donors (Lipinski definition) is 2. The molecule has 128 valence electrons. The number of rotatable bonds is 3. The Labute approximate surface area is 143 Å². The smallest absolute Gasteiger partial charge is 0.338 e. The number of carbonyl (C=O) groups excluding carboxylic acids is 1. The quantitative estimate of drug-likeness (QED) is 0.768. The molecule has 1 amide bonds. The first-order valence-electron chi connectivity index (χ1n) is 8.26. The van der Waals surface area contributed by atoms with Gasteiger partial charge in [0.15, 0.2) is 0 Å². The minimum Gasteiger partial charge on any atom is -0.478 e. The molecule has 0 radical (unpaired) electrons. The molecule has 4 rings (SSSR count). The molecule has 3 aromatic rings. The fourth-order valence-electron chi connectivity index (χ4n) is 3.35. The number of carbonyl (C=O) groups is 2. The average Bonchev–Trinajstić information content (AvgIpc) is 3.30. The number of hydrogen-bond acceptors (Lipinski definition) is 3. The minimum absolute atomic E-state index is 0.0293. The Morgan fingerprint density at radius 3 is 2.68 bits per heavy atom. The maximum atomic E-state index is 12.7. The third kappa shape index (κ3) is 2.88. The summed E-state index contributed by atoms with van der Waals surface area (Å²) in [6, 6.07) is 7.80. The van der Waals surface area contributed by atoms with Gasteiger partial charge in [0.1, 0.15) is 0 Å². The van der Waals surface area contributed by atoms with Gasteiger partial charge in [-0.05, 0) is 36.4 Å². The van der Waals surface area contributed by atoms with Crippen LogP contribution in [0.5, 0.6) is 0 Å². The summed E-state index contributed by atoms with van der Waals surface area (Å²) >= 11 is 0. The third-order valence-electron chi connectivity index (χ3n) is 4.78. The van der Waals surface area contributed by atoms with E-state index in [-0.39, 0.29) is 17.5 Å². The molecule has 0 aliphatic carbocycles. The molecule has 1 saturated heterocycles. The number of aromatic carboxylic acids is 1. The van der Waals surface area contributed by atoms with Crippen molar-refractivity contribution in [3.63, 3.8) is 0 Å². The van der Waals surface area contributed by atoms with Gasteiger partial charge in [-0.1, -0.05) is 6.07 Å². The lowest BCUT2D eigenvalue weighted by Crippen LogP contribution is -2.39. The van der Waals surface area contributed by atoms with E-state index in [2.05, 4.69) is 10.1 Å². The lowest BCUT2D eigenvalue weighted by Gasteiger charge is -2.32. The molecular weight excluding hydrogens is 320 g/mol. The van der Waals surface area contributed by atoms with Crippen molar-refractivity contribution < 1.29 is 14.7 Å². The molecule has 25 heavy (non-hydrogen) atoms. The van der Waals surface area contributed by atoms with Gasteiger partial charge < -0.3 is 15.0 Å². The fourth-order valence-corrected chi connectivity index (χ4v) is 3.35. The molecule has 0 saturated carbocycles. The van der Waals surface area contributed by atoms with Crippen LogP contribution in [-0.2, 0) is 0 Å². The molecule has 1 aliphatic heterocycles. The van der Waals surface area contributed by atoms with Crippen molar-refractivity contribution in [2.45, 2.75) is 18.9 Å². The number of carboxylic acids is 1. The van der Waals surface area contributed by atoms with Gasteiger partial charge in [-0.15, -0.1) is 0 Å². The number of benzene rings is 1. The molecule has 0 atom stereocenters. The van der Waals surface area contributed by atoms with Gasteiger partial charge in [0.05, 0.1) is 17.8 Å². The van der Waals surface area contributed by atoms with Crippen LogP contribution in [0.4, 0.5) is 0 Å². The van der Waals surface area contributed by atoms with Gasteiger partial charge in [0.25, 0.3) is 5.91 Å². The molecule has 0 spiro atoms. The van der Waals surface area contributed by atoms with Crippen LogP contribution in [0.3, 0.4) is 0 Å². The van der Waals surface area contributed by atoms with E-state index in [1.54, 1.807) is 10.9 Å². The third-order valence-corrected chi connectivity index (χ3v) is 4.78. The Bertz CT molecular complexity index is 935. The molecule has 0 bridgehead atoms. The summed E-state index contributed by atoms with van der Waals surface area (Å²) in [4.78, 5) is 28.7. The number of carboxylic acid groups (broad SMARTS) is 1. The second kappa shape index (κ2) is 6.08. The number of piperidine rings is 1. The summed E-state index contributed by atoms with van der Waals surface area (Å²) < 4.78 is 1.70. The van der Waals surface area contributed by atoms with Crippen molar-refractivity contribution >= 4 is 22.8 Å². The number of fused-ring (bicyclic) bond motifs is 1. The first-order valence-corrected chi connectivity index (χ1v) is 8.26. The number of aromatic nitrogens is 3. The monoisotopic (exact) mass is 338 g/mol. The molecule has 1 fully saturated rings. The molecule has 7 nitrogen and oxygen atoms in total. The lowest BCUT2D eigenvalue weighted by molar-refractivity contribution is 0.0688. The number of nitrogens with one attached hydrogen (secondary N) is 1. The summed E-state index contributed by atoms with van der Waals surface area (Å²) in [5.41, 5.74) is 1.83. The molecule has 0 unspecified atom stereocenters. The molecule has 7 heteroatoms. The highest BCUT2D eigenvalue weighted by molar-refractivity contribution is 5.98. The molecule has 2 aromatic heterocycles. The Kier molecular flexibility index (Phi) is 3.76. The van der Waals surface area contributed by atoms with Crippen LogP contribution in [0.2, 0.25) is 0 Å². The van der Waals surface area contributed by atoms with E-state index < -0.39 is 5.97 Å². The van der Waals surface area contributed by atoms with E-state index in [9.17, 15) is 9.59 Å². The van der Waals surface area contributed by atoms with E-state index in [1.165, 1.54) is 6.20 Å². The van der Waals surface area contributed by atoms with Crippen molar-refractivity contribution in [2.75, 3.05) is 13.1 Å². The predicted octanol–water partition coefficient (Wildman–Crippen LogP) is 2.54. The fraction of sp³-hybridized carbons (Fsp3) is 0.278. The van der Waals surface area contributed by atoms with Crippen molar-refractivity contribution in [3.05, 3.63) is 54.0 Å². The second-order valence-electron chi connectivity index (χ2n) is 6.32. The summed E-state index contributed by atoms with van der Waals surface area (Å²) in [7, 11) is 0. The van der Waals surface area contributed by atoms with Crippen molar-refractivity contribution in [2.24, 2.45) is 0 Å². The molecule has 1 aliphatic rings. The Balaban J connectivity index is 1.43. The van der Waals surface area contributed by atoms with Crippen LogP contribution in [0.15, 0.2) is 42.9 Å².